The molecule has 0 heterocycles. The van der Waals surface area contributed by atoms with E-state index in [1.807, 2.05) is 0 Å². The summed E-state index contributed by atoms with van der Waals surface area (Å²) in [6.45, 7) is 3.52. The van der Waals surface area contributed by atoms with Gasteiger partial charge in [-0.1, -0.05) is 17.7 Å². The molecule has 0 radical (unpaired) electrons. The van der Waals surface area contributed by atoms with Crippen molar-refractivity contribution in [3.05, 3.63) is 40.7 Å². The van der Waals surface area contributed by atoms with Gasteiger partial charge in [-0.3, -0.25) is 0 Å². The molecule has 0 spiro atoms. The van der Waals surface area contributed by atoms with Crippen molar-refractivity contribution in [2.75, 3.05) is 0 Å². The highest BCUT2D eigenvalue weighted by Gasteiger charge is 2.33. The summed E-state index contributed by atoms with van der Waals surface area (Å²) in [5.74, 6) is -1.24. The molecule has 0 amide bonds. The standard InChI is InChI=1S/C11H10F4/c1-7(2)5-8-3-4-10(12)9(6-8)11(13,14)15/h3-6H,1-2H3. The summed E-state index contributed by atoms with van der Waals surface area (Å²) in [6, 6.07) is 2.96. The highest BCUT2D eigenvalue weighted by Crippen LogP contribution is 2.32. The van der Waals surface area contributed by atoms with Crippen LogP contribution in [0.15, 0.2) is 23.8 Å². The molecule has 0 fully saturated rings. The van der Waals surface area contributed by atoms with Crippen LogP contribution in [0, 0.1) is 5.82 Å². The minimum Gasteiger partial charge on any atom is -0.206 e. The van der Waals surface area contributed by atoms with Crippen molar-refractivity contribution >= 4 is 6.08 Å². The Kier molecular flexibility index (Phi) is 3.17. The summed E-state index contributed by atoms with van der Waals surface area (Å²) in [7, 11) is 0. The smallest absolute Gasteiger partial charge is 0.206 e. The first-order chi connectivity index (χ1) is 6.80. The zero-order valence-electron chi connectivity index (χ0n) is 8.32. The third kappa shape index (κ3) is 3.08. The van der Waals surface area contributed by atoms with Crippen LogP contribution in [0.5, 0.6) is 0 Å². The highest BCUT2D eigenvalue weighted by molar-refractivity contribution is 5.53. The van der Waals surface area contributed by atoms with Crippen LogP contribution in [0.4, 0.5) is 17.6 Å². The van der Waals surface area contributed by atoms with E-state index in [1.165, 1.54) is 6.07 Å². The molecular weight excluding hydrogens is 208 g/mol. The minimum atomic E-state index is -4.64. The number of halogens is 4. The van der Waals surface area contributed by atoms with Gasteiger partial charge in [0.25, 0.3) is 0 Å². The fourth-order valence-electron chi connectivity index (χ4n) is 1.18. The average Bonchev–Trinajstić information content (AvgIpc) is 2.05. The lowest BCUT2D eigenvalue weighted by atomic mass is 10.1. The Hall–Kier alpha value is -1.32. The summed E-state index contributed by atoms with van der Waals surface area (Å²) >= 11 is 0. The molecule has 1 aromatic rings. The van der Waals surface area contributed by atoms with E-state index in [2.05, 4.69) is 0 Å². The van der Waals surface area contributed by atoms with Crippen LogP contribution >= 0.6 is 0 Å². The molecule has 0 atom stereocenters. The molecule has 0 bridgehead atoms. The predicted octanol–water partition coefficient (Wildman–Crippen LogP) is 4.27. The number of rotatable bonds is 1. The second-order valence-electron chi connectivity index (χ2n) is 3.46. The Morgan fingerprint density at radius 1 is 1.20 bits per heavy atom. The Labute approximate surface area is 85.2 Å². The third-order valence-corrected chi connectivity index (χ3v) is 1.75. The number of allylic oxidation sites excluding steroid dienone is 1. The number of alkyl halides is 3. The zero-order valence-corrected chi connectivity index (χ0v) is 8.32. The Morgan fingerprint density at radius 3 is 2.27 bits per heavy atom. The van der Waals surface area contributed by atoms with E-state index in [0.29, 0.717) is 5.56 Å². The van der Waals surface area contributed by atoms with E-state index in [9.17, 15) is 17.6 Å². The van der Waals surface area contributed by atoms with Gasteiger partial charge in [0.05, 0.1) is 5.56 Å². The number of hydrogen-bond acceptors (Lipinski definition) is 0. The maximum Gasteiger partial charge on any atom is 0.419 e. The van der Waals surface area contributed by atoms with Crippen LogP contribution in [-0.4, -0.2) is 0 Å². The van der Waals surface area contributed by atoms with E-state index in [0.717, 1.165) is 17.7 Å². The van der Waals surface area contributed by atoms with Crippen LogP contribution < -0.4 is 0 Å². The van der Waals surface area contributed by atoms with Gasteiger partial charge in [-0.2, -0.15) is 13.2 Å². The second-order valence-corrected chi connectivity index (χ2v) is 3.46. The highest BCUT2D eigenvalue weighted by atomic mass is 19.4. The summed E-state index contributed by atoms with van der Waals surface area (Å²) < 4.78 is 49.8. The average molecular weight is 218 g/mol. The van der Waals surface area contributed by atoms with Gasteiger partial charge in [0, 0.05) is 0 Å². The lowest BCUT2D eigenvalue weighted by Crippen LogP contribution is -2.08. The molecule has 82 valence electrons. The number of hydrogen-bond donors (Lipinski definition) is 0. The number of benzene rings is 1. The molecule has 0 aromatic heterocycles. The van der Waals surface area contributed by atoms with E-state index in [-0.39, 0.29) is 0 Å². The van der Waals surface area contributed by atoms with Crippen molar-refractivity contribution in [3.63, 3.8) is 0 Å². The van der Waals surface area contributed by atoms with Crippen molar-refractivity contribution in [2.24, 2.45) is 0 Å². The van der Waals surface area contributed by atoms with Crippen LogP contribution in [0.2, 0.25) is 0 Å². The SMILES string of the molecule is CC(C)=Cc1ccc(F)c(C(F)(F)F)c1. The summed E-state index contributed by atoms with van der Waals surface area (Å²) in [6.07, 6.45) is -3.08. The lowest BCUT2D eigenvalue weighted by molar-refractivity contribution is -0.140. The van der Waals surface area contributed by atoms with Crippen molar-refractivity contribution in [1.29, 1.82) is 0 Å². The van der Waals surface area contributed by atoms with Crippen molar-refractivity contribution < 1.29 is 17.6 Å². The molecular formula is C11H10F4. The molecule has 0 saturated carbocycles. The second kappa shape index (κ2) is 4.04. The van der Waals surface area contributed by atoms with Gasteiger partial charge in [0.2, 0.25) is 0 Å². The van der Waals surface area contributed by atoms with Crippen LogP contribution in [0.1, 0.15) is 25.0 Å². The summed E-state index contributed by atoms with van der Waals surface area (Å²) in [5.41, 5.74) is -0.0176. The molecule has 1 aromatic carbocycles. The van der Waals surface area contributed by atoms with E-state index < -0.39 is 17.6 Å². The minimum absolute atomic E-state index is 0.351. The molecule has 4 heteroatoms. The van der Waals surface area contributed by atoms with Crippen molar-refractivity contribution in [1.82, 2.24) is 0 Å². The molecule has 0 N–H and O–H groups in total. The van der Waals surface area contributed by atoms with E-state index >= 15 is 0 Å². The topological polar surface area (TPSA) is 0 Å². The molecule has 15 heavy (non-hydrogen) atoms. The Bertz CT molecular complexity index is 384. The van der Waals surface area contributed by atoms with Gasteiger partial charge in [0.15, 0.2) is 0 Å². The largest absolute Gasteiger partial charge is 0.419 e. The predicted molar refractivity (Wildman–Crippen MR) is 50.7 cm³/mol. The first-order valence-corrected chi connectivity index (χ1v) is 4.32. The van der Waals surface area contributed by atoms with Gasteiger partial charge < -0.3 is 0 Å². The summed E-state index contributed by atoms with van der Waals surface area (Å²) in [4.78, 5) is 0. The normalized spacial score (nSPS) is 11.3. The van der Waals surface area contributed by atoms with Gasteiger partial charge in [-0.15, -0.1) is 0 Å². The molecule has 0 nitrogen and oxygen atoms in total. The first-order valence-electron chi connectivity index (χ1n) is 4.32. The molecule has 0 unspecified atom stereocenters. The van der Waals surface area contributed by atoms with Gasteiger partial charge in [0.1, 0.15) is 5.82 Å². The maximum atomic E-state index is 12.9. The molecule has 1 rings (SSSR count). The Balaban J connectivity index is 3.23. The fourth-order valence-corrected chi connectivity index (χ4v) is 1.18. The lowest BCUT2D eigenvalue weighted by Gasteiger charge is -2.08. The van der Waals surface area contributed by atoms with E-state index in [4.69, 9.17) is 0 Å². The molecule has 0 aliphatic carbocycles. The maximum absolute atomic E-state index is 12.9. The van der Waals surface area contributed by atoms with E-state index in [1.54, 1.807) is 19.9 Å². The first kappa shape index (κ1) is 11.8. The van der Waals surface area contributed by atoms with Crippen molar-refractivity contribution in [3.8, 4) is 0 Å². The quantitative estimate of drug-likeness (QED) is 0.617. The van der Waals surface area contributed by atoms with Crippen LogP contribution in [-0.2, 0) is 6.18 Å². The van der Waals surface area contributed by atoms with Gasteiger partial charge in [-0.25, -0.2) is 4.39 Å². The van der Waals surface area contributed by atoms with Crippen LogP contribution in [0.25, 0.3) is 6.08 Å². The zero-order chi connectivity index (χ0) is 11.6. The van der Waals surface area contributed by atoms with Gasteiger partial charge >= 0.3 is 6.18 Å². The molecule has 0 saturated heterocycles. The van der Waals surface area contributed by atoms with Crippen molar-refractivity contribution in [2.45, 2.75) is 20.0 Å². The molecule has 0 aliphatic rings. The summed E-state index contributed by atoms with van der Waals surface area (Å²) in [5, 5.41) is 0. The molecule has 0 aliphatic heterocycles. The van der Waals surface area contributed by atoms with Crippen LogP contribution in [0.3, 0.4) is 0 Å². The monoisotopic (exact) mass is 218 g/mol. The van der Waals surface area contributed by atoms with Gasteiger partial charge in [-0.05, 0) is 31.5 Å². The Morgan fingerprint density at radius 2 is 1.80 bits per heavy atom. The third-order valence-electron chi connectivity index (χ3n) is 1.75. The fraction of sp³-hybridized carbons (Fsp3) is 0.273.